The zero-order chi connectivity index (χ0) is 13.0. The fraction of sp³-hybridized carbons (Fsp3) is 0.143. The SMILES string of the molecule is COC(=O)c1ccc(OC)c(-c2ccccn2)c1. The minimum absolute atomic E-state index is 0.380. The second-order valence-corrected chi connectivity index (χ2v) is 3.62. The maximum atomic E-state index is 11.5. The number of benzene rings is 1. The van der Waals surface area contributed by atoms with Gasteiger partial charge in [0.1, 0.15) is 5.75 Å². The number of nitrogens with zero attached hydrogens (tertiary/aromatic N) is 1. The van der Waals surface area contributed by atoms with Crippen molar-refractivity contribution < 1.29 is 14.3 Å². The number of aromatic nitrogens is 1. The van der Waals surface area contributed by atoms with Crippen molar-refractivity contribution in [2.24, 2.45) is 0 Å². The third kappa shape index (κ3) is 2.32. The fourth-order valence-corrected chi connectivity index (χ4v) is 1.68. The normalized spacial score (nSPS) is 9.89. The molecule has 0 radical (unpaired) electrons. The number of pyridine rings is 1. The van der Waals surface area contributed by atoms with Gasteiger partial charge in [-0.2, -0.15) is 0 Å². The van der Waals surface area contributed by atoms with Gasteiger partial charge in [0.25, 0.3) is 0 Å². The number of carbonyl (C=O) groups is 1. The standard InChI is InChI=1S/C14H13NO3/c1-17-13-7-6-10(14(16)18-2)9-11(13)12-5-3-4-8-15-12/h3-9H,1-2H3. The molecule has 0 amide bonds. The van der Waals surface area contributed by atoms with Crippen LogP contribution < -0.4 is 4.74 Å². The molecule has 0 aliphatic heterocycles. The van der Waals surface area contributed by atoms with Crippen molar-refractivity contribution in [3.05, 3.63) is 48.2 Å². The van der Waals surface area contributed by atoms with Crippen LogP contribution in [0.15, 0.2) is 42.6 Å². The zero-order valence-corrected chi connectivity index (χ0v) is 10.2. The van der Waals surface area contributed by atoms with Crippen molar-refractivity contribution in [3.63, 3.8) is 0 Å². The molecule has 1 aromatic heterocycles. The molecule has 1 aromatic carbocycles. The molecule has 4 heteroatoms. The Kier molecular flexibility index (Phi) is 3.57. The van der Waals surface area contributed by atoms with Crippen molar-refractivity contribution in [1.82, 2.24) is 4.98 Å². The van der Waals surface area contributed by atoms with E-state index in [1.165, 1.54) is 7.11 Å². The van der Waals surface area contributed by atoms with Gasteiger partial charge in [0, 0.05) is 11.8 Å². The summed E-state index contributed by atoms with van der Waals surface area (Å²) in [6, 6.07) is 10.7. The Morgan fingerprint density at radius 3 is 2.61 bits per heavy atom. The van der Waals surface area contributed by atoms with Crippen molar-refractivity contribution in [3.8, 4) is 17.0 Å². The maximum absolute atomic E-state index is 11.5. The Morgan fingerprint density at radius 2 is 2.00 bits per heavy atom. The molecule has 0 aliphatic carbocycles. The third-order valence-corrected chi connectivity index (χ3v) is 2.56. The molecule has 0 unspecified atom stereocenters. The lowest BCUT2D eigenvalue weighted by Gasteiger charge is -2.09. The number of methoxy groups -OCH3 is 2. The van der Waals surface area contributed by atoms with Gasteiger partial charge in [-0.25, -0.2) is 4.79 Å². The highest BCUT2D eigenvalue weighted by molar-refractivity contribution is 5.91. The van der Waals surface area contributed by atoms with Crippen LogP contribution in [0, 0.1) is 0 Å². The molecule has 0 saturated carbocycles. The van der Waals surface area contributed by atoms with E-state index in [1.807, 2.05) is 18.2 Å². The second-order valence-electron chi connectivity index (χ2n) is 3.62. The molecule has 0 spiro atoms. The summed E-state index contributed by atoms with van der Waals surface area (Å²) in [5, 5.41) is 0. The molecule has 2 aromatic rings. The summed E-state index contributed by atoms with van der Waals surface area (Å²) in [5.74, 6) is 0.288. The van der Waals surface area contributed by atoms with Gasteiger partial charge in [0.2, 0.25) is 0 Å². The highest BCUT2D eigenvalue weighted by Crippen LogP contribution is 2.29. The second kappa shape index (κ2) is 5.31. The van der Waals surface area contributed by atoms with Crippen molar-refractivity contribution in [1.29, 1.82) is 0 Å². The summed E-state index contributed by atoms with van der Waals surface area (Å²) >= 11 is 0. The Bertz CT molecular complexity index is 552. The molecular weight excluding hydrogens is 230 g/mol. The van der Waals surface area contributed by atoms with Crippen LogP contribution in [0.3, 0.4) is 0 Å². The first-order valence-corrected chi connectivity index (χ1v) is 5.44. The van der Waals surface area contributed by atoms with Gasteiger partial charge >= 0.3 is 5.97 Å². The highest BCUT2D eigenvalue weighted by Gasteiger charge is 2.12. The molecule has 0 bridgehead atoms. The van der Waals surface area contributed by atoms with Crippen LogP contribution in [0.4, 0.5) is 0 Å². The number of hydrogen-bond donors (Lipinski definition) is 0. The predicted octanol–water partition coefficient (Wildman–Crippen LogP) is 2.54. The average Bonchev–Trinajstić information content (AvgIpc) is 2.46. The molecule has 18 heavy (non-hydrogen) atoms. The number of hydrogen-bond acceptors (Lipinski definition) is 4. The van der Waals surface area contributed by atoms with E-state index in [-0.39, 0.29) is 5.97 Å². The molecule has 92 valence electrons. The van der Waals surface area contributed by atoms with Crippen molar-refractivity contribution in [2.45, 2.75) is 0 Å². The Balaban J connectivity index is 2.53. The average molecular weight is 243 g/mol. The summed E-state index contributed by atoms with van der Waals surface area (Å²) in [4.78, 5) is 15.8. The first kappa shape index (κ1) is 12.1. The van der Waals surface area contributed by atoms with Crippen LogP contribution in [0.1, 0.15) is 10.4 Å². The van der Waals surface area contributed by atoms with E-state index >= 15 is 0 Å². The minimum Gasteiger partial charge on any atom is -0.496 e. The summed E-state index contributed by atoms with van der Waals surface area (Å²) in [7, 11) is 2.94. The highest BCUT2D eigenvalue weighted by atomic mass is 16.5. The number of ether oxygens (including phenoxy) is 2. The van der Waals surface area contributed by atoms with Crippen LogP contribution in [0.25, 0.3) is 11.3 Å². The lowest BCUT2D eigenvalue weighted by atomic mass is 10.1. The molecular formula is C14H13NO3. The van der Waals surface area contributed by atoms with Gasteiger partial charge in [-0.05, 0) is 30.3 Å². The molecule has 0 N–H and O–H groups in total. The molecule has 4 nitrogen and oxygen atoms in total. The Morgan fingerprint density at radius 1 is 1.17 bits per heavy atom. The van der Waals surface area contributed by atoms with Gasteiger partial charge in [0.05, 0.1) is 25.5 Å². The van der Waals surface area contributed by atoms with Crippen molar-refractivity contribution >= 4 is 5.97 Å². The van der Waals surface area contributed by atoms with E-state index in [0.29, 0.717) is 11.3 Å². The monoisotopic (exact) mass is 243 g/mol. The number of carbonyl (C=O) groups excluding carboxylic acids is 1. The Labute approximate surface area is 105 Å². The van der Waals surface area contributed by atoms with Crippen LogP contribution in [-0.2, 0) is 4.74 Å². The van der Waals surface area contributed by atoms with E-state index in [2.05, 4.69) is 4.98 Å². The Hall–Kier alpha value is -2.36. The van der Waals surface area contributed by atoms with Gasteiger partial charge < -0.3 is 9.47 Å². The summed E-state index contributed by atoms with van der Waals surface area (Å²) in [5.41, 5.74) is 1.99. The molecule has 2 rings (SSSR count). The number of esters is 1. The van der Waals surface area contributed by atoms with Gasteiger partial charge in [-0.1, -0.05) is 6.07 Å². The van der Waals surface area contributed by atoms with E-state index in [1.54, 1.807) is 31.5 Å². The van der Waals surface area contributed by atoms with Crippen LogP contribution in [0.5, 0.6) is 5.75 Å². The summed E-state index contributed by atoms with van der Waals surface area (Å²) < 4.78 is 9.98. The van der Waals surface area contributed by atoms with E-state index in [0.717, 1.165) is 11.3 Å². The maximum Gasteiger partial charge on any atom is 0.337 e. The molecule has 0 saturated heterocycles. The lowest BCUT2D eigenvalue weighted by molar-refractivity contribution is 0.0601. The van der Waals surface area contributed by atoms with E-state index in [9.17, 15) is 4.79 Å². The smallest absolute Gasteiger partial charge is 0.337 e. The topological polar surface area (TPSA) is 48.4 Å². The quantitative estimate of drug-likeness (QED) is 0.777. The third-order valence-electron chi connectivity index (χ3n) is 2.56. The van der Waals surface area contributed by atoms with Crippen LogP contribution in [0.2, 0.25) is 0 Å². The van der Waals surface area contributed by atoms with Gasteiger partial charge in [-0.3, -0.25) is 4.98 Å². The zero-order valence-electron chi connectivity index (χ0n) is 10.2. The van der Waals surface area contributed by atoms with E-state index in [4.69, 9.17) is 9.47 Å². The molecule has 0 aliphatic rings. The number of rotatable bonds is 3. The molecule has 0 atom stereocenters. The van der Waals surface area contributed by atoms with Gasteiger partial charge in [-0.15, -0.1) is 0 Å². The lowest BCUT2D eigenvalue weighted by Crippen LogP contribution is -2.02. The minimum atomic E-state index is -0.380. The van der Waals surface area contributed by atoms with Crippen LogP contribution >= 0.6 is 0 Å². The van der Waals surface area contributed by atoms with Crippen LogP contribution in [-0.4, -0.2) is 25.2 Å². The van der Waals surface area contributed by atoms with E-state index < -0.39 is 0 Å². The van der Waals surface area contributed by atoms with Crippen molar-refractivity contribution in [2.75, 3.05) is 14.2 Å². The molecule has 1 heterocycles. The fourth-order valence-electron chi connectivity index (χ4n) is 1.68. The predicted molar refractivity (Wildman–Crippen MR) is 67.6 cm³/mol. The first-order chi connectivity index (χ1) is 8.76. The summed E-state index contributed by atoms with van der Waals surface area (Å²) in [6.45, 7) is 0. The largest absolute Gasteiger partial charge is 0.496 e. The molecule has 0 fully saturated rings. The summed E-state index contributed by atoms with van der Waals surface area (Å²) in [6.07, 6.45) is 1.69. The van der Waals surface area contributed by atoms with Gasteiger partial charge in [0.15, 0.2) is 0 Å². The first-order valence-electron chi connectivity index (χ1n) is 5.44.